The number of fused-ring (bicyclic) bond motifs is 1. The molecule has 0 unspecified atom stereocenters. The lowest BCUT2D eigenvalue weighted by molar-refractivity contribution is 0.0241. The Balaban J connectivity index is 0.00000210. The van der Waals surface area contributed by atoms with Crippen LogP contribution in [-0.2, 0) is 12.8 Å². The number of thiophene rings is 1. The molecule has 2 heterocycles. The van der Waals surface area contributed by atoms with Crippen molar-refractivity contribution in [3.63, 3.8) is 0 Å². The number of benzene rings is 1. The molecule has 0 spiro atoms. The fourth-order valence-electron chi connectivity index (χ4n) is 4.31. The number of nitrogen functional groups attached to an aromatic ring is 1. The minimum atomic E-state index is -0.396. The number of ketones is 1. The van der Waals surface area contributed by atoms with Gasteiger partial charge in [-0.05, 0) is 77.6 Å². The number of nitrogens with zero attached hydrogens (tertiary/aromatic N) is 1. The number of carbonyl (C=O) groups excluding carboxylic acids is 1. The Hall–Kier alpha value is -0.920. The number of aliphatic hydroxyl groups is 1. The first-order chi connectivity index (χ1) is 12.5. The van der Waals surface area contributed by atoms with Crippen LogP contribution in [-0.4, -0.2) is 41.0 Å². The summed E-state index contributed by atoms with van der Waals surface area (Å²) in [6.45, 7) is 1.73. The van der Waals surface area contributed by atoms with Crippen LogP contribution >= 0.6 is 39.7 Å². The minimum absolute atomic E-state index is 0. The maximum Gasteiger partial charge on any atom is 0.175 e. The third-order valence-corrected chi connectivity index (χ3v) is 7.42. The zero-order valence-electron chi connectivity index (χ0n) is 14.9. The van der Waals surface area contributed by atoms with Crippen LogP contribution in [0.5, 0.6) is 0 Å². The van der Waals surface area contributed by atoms with Gasteiger partial charge in [-0.15, -0.1) is 23.7 Å². The minimum Gasteiger partial charge on any atom is -0.398 e. The molecule has 27 heavy (non-hydrogen) atoms. The number of aliphatic hydroxyl groups excluding tert-OH is 1. The van der Waals surface area contributed by atoms with E-state index >= 15 is 0 Å². The highest BCUT2D eigenvalue weighted by atomic mass is 79.9. The topological polar surface area (TPSA) is 66.6 Å². The van der Waals surface area contributed by atoms with E-state index in [4.69, 9.17) is 5.73 Å². The molecule has 2 atom stereocenters. The predicted molar refractivity (Wildman–Crippen MR) is 116 cm³/mol. The van der Waals surface area contributed by atoms with Gasteiger partial charge in [-0.2, -0.15) is 0 Å². The van der Waals surface area contributed by atoms with E-state index in [2.05, 4.69) is 26.9 Å². The standard InChI is InChI=1S/C20H23BrN2O2S.ClH/c21-19-5-4-18(26-19)20(25)12-6-8-23(9-7-12)16-10-13-2-1-3-15(22)14(13)11-17(16)24;/h1-5,12,16-17,24H,6-11,22H2;1H/t16-,17-;/m1./s1. The molecule has 0 radical (unpaired) electrons. The molecule has 1 saturated heterocycles. The summed E-state index contributed by atoms with van der Waals surface area (Å²) < 4.78 is 1.00. The number of hydrogen-bond acceptors (Lipinski definition) is 5. The van der Waals surface area contributed by atoms with Crippen LogP contribution in [0.3, 0.4) is 0 Å². The van der Waals surface area contributed by atoms with Crippen molar-refractivity contribution in [2.75, 3.05) is 18.8 Å². The number of piperidine rings is 1. The van der Waals surface area contributed by atoms with Crippen LogP contribution in [0, 0.1) is 5.92 Å². The monoisotopic (exact) mass is 470 g/mol. The maximum atomic E-state index is 12.7. The van der Waals surface area contributed by atoms with Gasteiger partial charge in [0.05, 0.1) is 14.8 Å². The van der Waals surface area contributed by atoms with Crippen molar-refractivity contribution in [3.05, 3.63) is 50.1 Å². The highest BCUT2D eigenvalue weighted by molar-refractivity contribution is 9.11. The van der Waals surface area contributed by atoms with Gasteiger partial charge in [0.2, 0.25) is 0 Å². The quantitative estimate of drug-likeness (QED) is 0.526. The lowest BCUT2D eigenvalue weighted by Gasteiger charge is -2.42. The second-order valence-corrected chi connectivity index (χ2v) is 9.77. The summed E-state index contributed by atoms with van der Waals surface area (Å²) in [6.07, 6.45) is 2.78. The van der Waals surface area contributed by atoms with Crippen LogP contribution in [0.1, 0.15) is 33.6 Å². The van der Waals surface area contributed by atoms with Crippen LogP contribution in [0.25, 0.3) is 0 Å². The zero-order chi connectivity index (χ0) is 18.3. The Morgan fingerprint density at radius 3 is 2.59 bits per heavy atom. The molecule has 1 fully saturated rings. The smallest absolute Gasteiger partial charge is 0.175 e. The Bertz CT molecular complexity index is 820. The normalized spacial score (nSPS) is 23.5. The van der Waals surface area contributed by atoms with Crippen LogP contribution < -0.4 is 5.73 Å². The summed E-state index contributed by atoms with van der Waals surface area (Å²) in [5.74, 6) is 0.364. The third kappa shape index (κ3) is 4.25. The summed E-state index contributed by atoms with van der Waals surface area (Å²) in [7, 11) is 0. The summed E-state index contributed by atoms with van der Waals surface area (Å²) in [5.41, 5.74) is 9.21. The summed E-state index contributed by atoms with van der Waals surface area (Å²) >= 11 is 4.95. The number of hydrogen-bond donors (Lipinski definition) is 2. The number of rotatable bonds is 3. The van der Waals surface area contributed by atoms with Crippen molar-refractivity contribution in [1.29, 1.82) is 0 Å². The van der Waals surface area contributed by atoms with Gasteiger partial charge in [0, 0.05) is 24.1 Å². The molecule has 0 saturated carbocycles. The molecule has 1 aliphatic carbocycles. The van der Waals surface area contributed by atoms with Crippen LogP contribution in [0.4, 0.5) is 5.69 Å². The van der Waals surface area contributed by atoms with Crippen molar-refractivity contribution in [1.82, 2.24) is 4.90 Å². The molecule has 146 valence electrons. The van der Waals surface area contributed by atoms with Crippen molar-refractivity contribution in [2.45, 2.75) is 37.8 Å². The molecule has 0 amide bonds. The van der Waals surface area contributed by atoms with Gasteiger partial charge >= 0.3 is 0 Å². The van der Waals surface area contributed by atoms with E-state index in [1.807, 2.05) is 24.3 Å². The Morgan fingerprint density at radius 1 is 1.19 bits per heavy atom. The van der Waals surface area contributed by atoms with E-state index in [1.54, 1.807) is 0 Å². The molecule has 4 nitrogen and oxygen atoms in total. The number of nitrogens with two attached hydrogens (primary N) is 1. The van der Waals surface area contributed by atoms with Gasteiger partial charge in [-0.3, -0.25) is 9.69 Å². The Labute approximate surface area is 178 Å². The van der Waals surface area contributed by atoms with Crippen molar-refractivity contribution in [2.24, 2.45) is 5.92 Å². The van der Waals surface area contributed by atoms with E-state index in [-0.39, 0.29) is 30.2 Å². The Morgan fingerprint density at radius 2 is 1.93 bits per heavy atom. The number of Topliss-reactive ketones (excluding diaryl/α,β-unsaturated/α-hetero) is 1. The fourth-order valence-corrected chi connectivity index (χ4v) is 5.72. The first-order valence-electron chi connectivity index (χ1n) is 9.11. The number of likely N-dealkylation sites (tertiary alicyclic amines) is 1. The molecule has 3 N–H and O–H groups in total. The van der Waals surface area contributed by atoms with Gasteiger partial charge in [0.15, 0.2) is 5.78 Å². The molecule has 4 rings (SSSR count). The number of carbonyl (C=O) groups is 1. The Kier molecular flexibility index (Phi) is 6.64. The van der Waals surface area contributed by atoms with E-state index in [1.165, 1.54) is 16.9 Å². The predicted octanol–water partition coefficient (Wildman–Crippen LogP) is 3.94. The first kappa shape index (κ1) is 20.8. The molecule has 2 aliphatic rings. The third-order valence-electron chi connectivity index (χ3n) is 5.78. The second-order valence-electron chi connectivity index (χ2n) is 7.31. The van der Waals surface area contributed by atoms with Crippen molar-refractivity contribution < 1.29 is 9.90 Å². The van der Waals surface area contributed by atoms with E-state index < -0.39 is 6.10 Å². The van der Waals surface area contributed by atoms with Crippen molar-refractivity contribution >= 4 is 51.1 Å². The van der Waals surface area contributed by atoms with E-state index in [0.717, 1.165) is 52.3 Å². The molecule has 0 bridgehead atoms. The molecular formula is C20H24BrClN2O2S. The van der Waals surface area contributed by atoms with E-state index in [9.17, 15) is 9.90 Å². The van der Waals surface area contributed by atoms with Gasteiger partial charge < -0.3 is 10.8 Å². The number of halogens is 2. The first-order valence-corrected chi connectivity index (χ1v) is 10.7. The zero-order valence-corrected chi connectivity index (χ0v) is 18.2. The molecule has 1 aromatic carbocycles. The summed E-state index contributed by atoms with van der Waals surface area (Å²) in [4.78, 5) is 15.9. The lowest BCUT2D eigenvalue weighted by Crippen LogP contribution is -2.51. The SMILES string of the molecule is Cl.Nc1cccc2c1C[C@@H](O)[C@H](N1CCC(C(=O)c3ccc(Br)s3)CC1)C2. The number of anilines is 1. The fraction of sp³-hybridized carbons (Fsp3) is 0.450. The largest absolute Gasteiger partial charge is 0.398 e. The molecule has 1 aliphatic heterocycles. The van der Waals surface area contributed by atoms with Gasteiger partial charge in [0.1, 0.15) is 0 Å². The van der Waals surface area contributed by atoms with Gasteiger partial charge in [-0.1, -0.05) is 12.1 Å². The molecule has 2 aromatic rings. The van der Waals surface area contributed by atoms with E-state index in [0.29, 0.717) is 6.42 Å². The van der Waals surface area contributed by atoms with Crippen LogP contribution in [0.2, 0.25) is 0 Å². The molecule has 1 aromatic heterocycles. The molecular weight excluding hydrogens is 448 g/mol. The van der Waals surface area contributed by atoms with Gasteiger partial charge in [-0.25, -0.2) is 0 Å². The highest BCUT2D eigenvalue weighted by Gasteiger charge is 2.35. The van der Waals surface area contributed by atoms with Gasteiger partial charge in [0.25, 0.3) is 0 Å². The average Bonchev–Trinajstić information content (AvgIpc) is 3.08. The summed E-state index contributed by atoms with van der Waals surface area (Å²) in [5, 5.41) is 10.7. The van der Waals surface area contributed by atoms with Crippen LogP contribution in [0.15, 0.2) is 34.1 Å². The average molecular weight is 472 g/mol. The lowest BCUT2D eigenvalue weighted by atomic mass is 9.82. The van der Waals surface area contributed by atoms with Crippen molar-refractivity contribution in [3.8, 4) is 0 Å². The molecule has 7 heteroatoms. The summed E-state index contributed by atoms with van der Waals surface area (Å²) in [6, 6.07) is 10.00. The highest BCUT2D eigenvalue weighted by Crippen LogP contribution is 2.32. The maximum absolute atomic E-state index is 12.7. The second kappa shape index (κ2) is 8.62.